The number of carboxylic acid groups (broad SMARTS) is 1. The summed E-state index contributed by atoms with van der Waals surface area (Å²) in [5, 5.41) is 24.4. The number of amidine groups is 1. The number of carbonyl (C=O) groups is 1. The van der Waals surface area contributed by atoms with Crippen LogP contribution in [0.15, 0.2) is 70.0 Å². The Kier molecular flexibility index (Phi) is 6.92. The molecule has 0 aliphatic carbocycles. The molecule has 5 rings (SSSR count). The predicted molar refractivity (Wildman–Crippen MR) is 151 cm³/mol. The van der Waals surface area contributed by atoms with E-state index in [4.69, 9.17) is 15.6 Å². The maximum absolute atomic E-state index is 13.8. The Labute approximate surface area is 226 Å². The second-order valence-corrected chi connectivity index (χ2v) is 11.2. The van der Waals surface area contributed by atoms with Crippen molar-refractivity contribution in [2.24, 2.45) is 5.73 Å². The van der Waals surface area contributed by atoms with Crippen molar-refractivity contribution in [3.8, 4) is 0 Å². The summed E-state index contributed by atoms with van der Waals surface area (Å²) < 4.78 is 34.7. The Morgan fingerprint density at radius 3 is 2.67 bits per heavy atom. The molecule has 0 unspecified atom stereocenters. The molecule has 1 aromatic heterocycles. The van der Waals surface area contributed by atoms with Gasteiger partial charge in [-0.3, -0.25) is 14.5 Å². The summed E-state index contributed by atoms with van der Waals surface area (Å²) in [7, 11) is -4.21. The average Bonchev–Trinajstić information content (AvgIpc) is 3.24. The van der Waals surface area contributed by atoms with Gasteiger partial charge in [0.2, 0.25) is 0 Å². The third-order valence-corrected chi connectivity index (χ3v) is 8.66. The number of fused-ring (bicyclic) bond motifs is 2. The van der Waals surface area contributed by atoms with Crippen molar-refractivity contribution in [2.45, 2.75) is 31.2 Å². The molecule has 4 aromatic rings. The number of sulfonamides is 1. The maximum Gasteiger partial charge on any atom is 0.324 e. The first kappa shape index (κ1) is 26.1. The van der Waals surface area contributed by atoms with Crippen LogP contribution in [0.3, 0.4) is 0 Å². The summed E-state index contributed by atoms with van der Waals surface area (Å²) >= 11 is 0. The Bertz CT molecular complexity index is 1680. The molecule has 0 amide bonds. The lowest BCUT2D eigenvalue weighted by Gasteiger charge is -2.26. The van der Waals surface area contributed by atoms with Crippen molar-refractivity contribution < 1.29 is 22.7 Å². The number of hydrogen-bond donors (Lipinski definition) is 5. The molecule has 1 aliphatic rings. The van der Waals surface area contributed by atoms with E-state index in [1.807, 2.05) is 25.1 Å². The first-order valence-electron chi connectivity index (χ1n) is 12.5. The van der Waals surface area contributed by atoms with Crippen molar-refractivity contribution in [1.29, 1.82) is 5.41 Å². The number of hydrogen-bond acceptors (Lipinski definition) is 7. The molecule has 10 nitrogen and oxygen atoms in total. The number of rotatable bonds is 9. The van der Waals surface area contributed by atoms with Gasteiger partial charge in [0.1, 0.15) is 28.6 Å². The second kappa shape index (κ2) is 10.3. The lowest BCUT2D eigenvalue weighted by molar-refractivity contribution is -0.135. The van der Waals surface area contributed by atoms with Crippen molar-refractivity contribution >= 4 is 49.9 Å². The second-order valence-electron chi connectivity index (χ2n) is 9.40. The highest BCUT2D eigenvalue weighted by Crippen LogP contribution is 2.35. The van der Waals surface area contributed by atoms with E-state index in [2.05, 4.69) is 10.6 Å². The van der Waals surface area contributed by atoms with E-state index < -0.39 is 22.5 Å². The van der Waals surface area contributed by atoms with Gasteiger partial charge in [0, 0.05) is 34.8 Å². The van der Waals surface area contributed by atoms with Crippen LogP contribution < -0.4 is 20.7 Å². The third-order valence-electron chi connectivity index (χ3n) is 6.84. The van der Waals surface area contributed by atoms with E-state index in [0.29, 0.717) is 35.7 Å². The van der Waals surface area contributed by atoms with Crippen molar-refractivity contribution in [1.82, 2.24) is 0 Å². The molecule has 0 fully saturated rings. The van der Waals surface area contributed by atoms with E-state index in [9.17, 15) is 18.3 Å². The Morgan fingerprint density at radius 2 is 1.95 bits per heavy atom. The summed E-state index contributed by atoms with van der Waals surface area (Å²) in [6.45, 7) is 2.19. The normalized spacial score (nSPS) is 12.9. The number of furan rings is 1. The lowest BCUT2D eigenvalue weighted by atomic mass is 10.0. The summed E-state index contributed by atoms with van der Waals surface area (Å²) in [5.41, 5.74) is 9.91. The molecule has 11 heteroatoms. The maximum atomic E-state index is 13.8. The van der Waals surface area contributed by atoms with Crippen LogP contribution in [0.4, 0.5) is 17.1 Å². The minimum Gasteiger partial charge on any atom is -0.480 e. The number of para-hydroxylation sites is 1. The molecule has 202 valence electrons. The molecule has 0 bridgehead atoms. The fourth-order valence-electron chi connectivity index (χ4n) is 4.79. The van der Waals surface area contributed by atoms with Crippen LogP contribution in [0.25, 0.3) is 11.0 Å². The van der Waals surface area contributed by atoms with Gasteiger partial charge in [0.25, 0.3) is 10.0 Å². The number of nitrogens with one attached hydrogen (secondary N) is 3. The highest BCUT2D eigenvalue weighted by molar-refractivity contribution is 7.93. The summed E-state index contributed by atoms with van der Waals surface area (Å²) in [4.78, 5) is 11.8. The van der Waals surface area contributed by atoms with Gasteiger partial charge in [-0.1, -0.05) is 12.1 Å². The van der Waals surface area contributed by atoms with Crippen LogP contribution >= 0.6 is 0 Å². The number of carboxylic acids is 1. The fraction of sp³-hybridized carbons (Fsp3) is 0.214. The van der Waals surface area contributed by atoms with Gasteiger partial charge in [-0.25, -0.2) is 8.42 Å². The molecule has 0 radical (unpaired) electrons. The number of aliphatic carboxylic acids is 1. The van der Waals surface area contributed by atoms with Gasteiger partial charge in [-0.05, 0) is 67.8 Å². The lowest BCUT2D eigenvalue weighted by Crippen LogP contribution is -2.36. The number of aryl methyl sites for hydroxylation is 2. The van der Waals surface area contributed by atoms with Gasteiger partial charge in [0.05, 0.1) is 17.9 Å². The molecule has 6 N–H and O–H groups in total. The molecule has 1 aliphatic heterocycles. The van der Waals surface area contributed by atoms with Crippen molar-refractivity contribution in [2.75, 3.05) is 28.0 Å². The standard InChI is InChI=1S/C28H29N5O5S/c1-17-22-12-11-21(14-23(22)38-24(17)15-32-20-9-7-19(8-10-20)28(29)30)33(16-26(34)35)39(36,37)25-6-2-4-18-5-3-13-31-27(18)25/h2,4,6-12,14,31-32H,3,5,13,15-16H2,1H3,(H3,29,30)(H,34,35). The molecular formula is C28H29N5O5S. The molecule has 3 aromatic carbocycles. The number of nitrogens with zero attached hydrogens (tertiary/aromatic N) is 1. The molecule has 0 saturated heterocycles. The van der Waals surface area contributed by atoms with Crippen molar-refractivity contribution in [3.05, 3.63) is 83.1 Å². The molecule has 0 spiro atoms. The SMILES string of the molecule is Cc1c(CNc2ccc(C(=N)N)cc2)oc2cc(N(CC(=O)O)S(=O)(=O)c3cccc4c3NCCC4)ccc12. The number of nitrogens with two attached hydrogens (primary N) is 1. The van der Waals surface area contributed by atoms with Crippen LogP contribution in [0, 0.1) is 12.3 Å². The van der Waals surface area contributed by atoms with Crippen LogP contribution in [-0.4, -0.2) is 38.4 Å². The molecule has 0 saturated carbocycles. The zero-order valence-electron chi connectivity index (χ0n) is 21.3. The minimum absolute atomic E-state index is 0.00662. The third kappa shape index (κ3) is 5.13. The van der Waals surface area contributed by atoms with Gasteiger partial charge < -0.3 is 25.9 Å². The van der Waals surface area contributed by atoms with Crippen LogP contribution in [0.5, 0.6) is 0 Å². The summed E-state index contributed by atoms with van der Waals surface area (Å²) in [6.07, 6.45) is 1.64. The van der Waals surface area contributed by atoms with Crippen LogP contribution in [-0.2, 0) is 27.8 Å². The molecule has 39 heavy (non-hydrogen) atoms. The zero-order valence-corrected chi connectivity index (χ0v) is 22.1. The van der Waals surface area contributed by atoms with E-state index in [1.54, 1.807) is 36.4 Å². The summed E-state index contributed by atoms with van der Waals surface area (Å²) in [5.74, 6) is -0.618. The molecular weight excluding hydrogens is 518 g/mol. The van der Waals surface area contributed by atoms with E-state index in [1.165, 1.54) is 6.07 Å². The quantitative estimate of drug-likeness (QED) is 0.153. The summed E-state index contributed by atoms with van der Waals surface area (Å²) in [6, 6.07) is 17.1. The Morgan fingerprint density at radius 1 is 1.18 bits per heavy atom. The highest BCUT2D eigenvalue weighted by Gasteiger charge is 2.31. The molecule has 2 heterocycles. The Hall–Kier alpha value is -4.51. The smallest absolute Gasteiger partial charge is 0.324 e. The topological polar surface area (TPSA) is 162 Å². The van der Waals surface area contributed by atoms with E-state index >= 15 is 0 Å². The van der Waals surface area contributed by atoms with Crippen LogP contribution in [0.2, 0.25) is 0 Å². The van der Waals surface area contributed by atoms with Gasteiger partial charge >= 0.3 is 5.97 Å². The monoisotopic (exact) mass is 547 g/mol. The van der Waals surface area contributed by atoms with Gasteiger partial charge in [-0.2, -0.15) is 0 Å². The predicted octanol–water partition coefficient (Wildman–Crippen LogP) is 4.28. The van der Waals surface area contributed by atoms with Gasteiger partial charge in [0.15, 0.2) is 0 Å². The van der Waals surface area contributed by atoms with E-state index in [0.717, 1.165) is 39.3 Å². The van der Waals surface area contributed by atoms with E-state index in [-0.39, 0.29) is 16.4 Å². The van der Waals surface area contributed by atoms with Crippen molar-refractivity contribution in [3.63, 3.8) is 0 Å². The molecule has 0 atom stereocenters. The first-order valence-corrected chi connectivity index (χ1v) is 13.9. The Balaban J connectivity index is 1.47. The first-order chi connectivity index (χ1) is 18.6. The fourth-order valence-corrected chi connectivity index (χ4v) is 6.41. The number of benzene rings is 3. The number of anilines is 3. The van der Waals surface area contributed by atoms with Gasteiger partial charge in [-0.15, -0.1) is 0 Å². The van der Waals surface area contributed by atoms with Crippen LogP contribution in [0.1, 0.15) is 28.9 Å². The minimum atomic E-state index is -4.21. The zero-order chi connectivity index (χ0) is 27.7. The number of nitrogen functional groups attached to an aromatic ring is 1. The average molecular weight is 548 g/mol. The largest absolute Gasteiger partial charge is 0.480 e. The highest BCUT2D eigenvalue weighted by atomic mass is 32.2.